The van der Waals surface area contributed by atoms with E-state index in [4.69, 9.17) is 0 Å². The summed E-state index contributed by atoms with van der Waals surface area (Å²) in [5.41, 5.74) is 4.46. The summed E-state index contributed by atoms with van der Waals surface area (Å²) in [7, 11) is 0. The zero-order chi connectivity index (χ0) is 15.8. The van der Waals surface area contributed by atoms with Crippen molar-refractivity contribution in [2.45, 2.75) is 6.42 Å². The molecule has 0 aliphatic heterocycles. The van der Waals surface area contributed by atoms with Crippen molar-refractivity contribution in [2.24, 2.45) is 5.10 Å². The van der Waals surface area contributed by atoms with Crippen LogP contribution in [0.3, 0.4) is 0 Å². The van der Waals surface area contributed by atoms with Gasteiger partial charge in [-0.1, -0.05) is 28.1 Å². The van der Waals surface area contributed by atoms with Gasteiger partial charge in [0, 0.05) is 26.7 Å². The fourth-order valence-corrected chi connectivity index (χ4v) is 2.30. The van der Waals surface area contributed by atoms with Gasteiger partial charge in [-0.05, 0) is 64.6 Å². The fraction of sp³-hybridized carbons (Fsp3) is 0.125. The number of anilines is 1. The van der Waals surface area contributed by atoms with Gasteiger partial charge in [0.25, 0.3) is 0 Å². The minimum Gasteiger partial charge on any atom is -0.385 e. The molecule has 2 N–H and O–H groups in total. The average molecular weight is 472 g/mol. The van der Waals surface area contributed by atoms with E-state index in [2.05, 4.69) is 54.4 Å². The molecule has 0 spiro atoms. The number of nitrogens with zero attached hydrogens (tertiary/aromatic N) is 1. The number of carbonyl (C=O) groups excluding carboxylic acids is 1. The standard InChI is InChI=1S/C16H15BrIN3O/c17-13-3-1-12(2-4-13)11-20-21-16(22)9-10-19-15-7-5-14(18)6-8-15/h1-8,11,19H,9-10H2,(H,21,22)/b20-11+. The largest absolute Gasteiger partial charge is 0.385 e. The number of hydrazone groups is 1. The molecule has 0 saturated heterocycles. The molecule has 0 atom stereocenters. The number of nitrogens with one attached hydrogen (secondary N) is 2. The molecule has 0 fully saturated rings. The Morgan fingerprint density at radius 1 is 1.14 bits per heavy atom. The predicted octanol–water partition coefficient (Wildman–Crippen LogP) is 4.01. The number of hydrogen-bond donors (Lipinski definition) is 2. The van der Waals surface area contributed by atoms with Gasteiger partial charge in [0.2, 0.25) is 5.91 Å². The number of hydrogen-bond acceptors (Lipinski definition) is 3. The van der Waals surface area contributed by atoms with Crippen molar-refractivity contribution in [3.8, 4) is 0 Å². The highest BCUT2D eigenvalue weighted by Crippen LogP contribution is 2.11. The van der Waals surface area contributed by atoms with Crippen LogP contribution in [0.4, 0.5) is 5.69 Å². The maximum absolute atomic E-state index is 11.7. The number of carbonyl (C=O) groups is 1. The van der Waals surface area contributed by atoms with Crippen molar-refractivity contribution in [1.29, 1.82) is 0 Å². The van der Waals surface area contributed by atoms with Gasteiger partial charge in [-0.2, -0.15) is 5.10 Å². The molecule has 0 aromatic heterocycles. The fourth-order valence-electron chi connectivity index (χ4n) is 1.67. The number of benzene rings is 2. The van der Waals surface area contributed by atoms with Crippen LogP contribution in [0, 0.1) is 3.57 Å². The molecule has 0 saturated carbocycles. The zero-order valence-electron chi connectivity index (χ0n) is 11.7. The summed E-state index contributed by atoms with van der Waals surface area (Å²) in [6.07, 6.45) is 1.99. The van der Waals surface area contributed by atoms with Crippen molar-refractivity contribution in [3.63, 3.8) is 0 Å². The summed E-state index contributed by atoms with van der Waals surface area (Å²) in [6, 6.07) is 15.7. The smallest absolute Gasteiger partial charge is 0.241 e. The van der Waals surface area contributed by atoms with Gasteiger partial charge in [-0.3, -0.25) is 4.79 Å². The van der Waals surface area contributed by atoms with Crippen LogP contribution in [-0.4, -0.2) is 18.7 Å². The Hall–Kier alpha value is -1.41. The van der Waals surface area contributed by atoms with Gasteiger partial charge in [-0.25, -0.2) is 5.43 Å². The van der Waals surface area contributed by atoms with Crippen LogP contribution in [0.15, 0.2) is 58.1 Å². The predicted molar refractivity (Wildman–Crippen MR) is 102 cm³/mol. The number of halogens is 2. The Balaban J connectivity index is 1.69. The monoisotopic (exact) mass is 471 g/mol. The van der Waals surface area contributed by atoms with Gasteiger partial charge >= 0.3 is 0 Å². The van der Waals surface area contributed by atoms with Crippen LogP contribution in [0.1, 0.15) is 12.0 Å². The topological polar surface area (TPSA) is 53.5 Å². The first-order chi connectivity index (χ1) is 10.6. The molecular weight excluding hydrogens is 457 g/mol. The van der Waals surface area contributed by atoms with Crippen LogP contribution in [0.25, 0.3) is 0 Å². The molecule has 0 bridgehead atoms. The summed E-state index contributed by atoms with van der Waals surface area (Å²) in [5.74, 6) is -0.119. The highest BCUT2D eigenvalue weighted by atomic mass is 127. The second-order valence-corrected chi connectivity index (χ2v) is 6.69. The van der Waals surface area contributed by atoms with Crippen molar-refractivity contribution in [2.75, 3.05) is 11.9 Å². The third-order valence-corrected chi connectivity index (χ3v) is 4.05. The van der Waals surface area contributed by atoms with Crippen molar-refractivity contribution in [1.82, 2.24) is 5.43 Å². The van der Waals surface area contributed by atoms with Crippen LogP contribution in [0.2, 0.25) is 0 Å². The van der Waals surface area contributed by atoms with Gasteiger partial charge in [0.05, 0.1) is 6.21 Å². The lowest BCUT2D eigenvalue weighted by Crippen LogP contribution is -2.20. The van der Waals surface area contributed by atoms with Crippen molar-refractivity contribution < 1.29 is 4.79 Å². The van der Waals surface area contributed by atoms with Crippen LogP contribution in [-0.2, 0) is 4.79 Å². The first kappa shape index (κ1) is 17.0. The van der Waals surface area contributed by atoms with Gasteiger partial charge in [-0.15, -0.1) is 0 Å². The lowest BCUT2D eigenvalue weighted by atomic mass is 10.2. The van der Waals surface area contributed by atoms with Gasteiger partial charge in [0.15, 0.2) is 0 Å². The average Bonchev–Trinajstić information content (AvgIpc) is 2.51. The molecule has 0 unspecified atom stereocenters. The maximum Gasteiger partial charge on any atom is 0.241 e. The third kappa shape index (κ3) is 6.15. The van der Waals surface area contributed by atoms with E-state index in [1.807, 2.05) is 48.5 Å². The first-order valence-corrected chi connectivity index (χ1v) is 8.57. The second-order valence-electron chi connectivity index (χ2n) is 4.53. The molecule has 1 amide bonds. The second kappa shape index (κ2) is 8.89. The molecule has 114 valence electrons. The Morgan fingerprint density at radius 2 is 1.82 bits per heavy atom. The summed E-state index contributed by atoms with van der Waals surface area (Å²) in [6.45, 7) is 0.570. The normalized spacial score (nSPS) is 10.6. The quantitative estimate of drug-likeness (QED) is 0.380. The van der Waals surface area contributed by atoms with Gasteiger partial charge < -0.3 is 5.32 Å². The van der Waals surface area contributed by atoms with Crippen LogP contribution in [0.5, 0.6) is 0 Å². The van der Waals surface area contributed by atoms with E-state index in [9.17, 15) is 4.79 Å². The van der Waals surface area contributed by atoms with E-state index in [0.29, 0.717) is 13.0 Å². The Kier molecular flexibility index (Phi) is 6.85. The first-order valence-electron chi connectivity index (χ1n) is 6.70. The molecule has 4 nitrogen and oxygen atoms in total. The van der Waals surface area contributed by atoms with E-state index < -0.39 is 0 Å². The van der Waals surface area contributed by atoms with Crippen molar-refractivity contribution in [3.05, 3.63) is 62.1 Å². The van der Waals surface area contributed by atoms with E-state index in [1.54, 1.807) is 6.21 Å². The number of amides is 1. The molecule has 0 aliphatic rings. The van der Waals surface area contributed by atoms with E-state index in [1.165, 1.54) is 3.57 Å². The molecule has 22 heavy (non-hydrogen) atoms. The SMILES string of the molecule is O=C(CCNc1ccc(I)cc1)N/N=C/c1ccc(Br)cc1. The zero-order valence-corrected chi connectivity index (χ0v) is 15.5. The van der Waals surface area contributed by atoms with E-state index >= 15 is 0 Å². The van der Waals surface area contributed by atoms with E-state index in [-0.39, 0.29) is 5.91 Å². The summed E-state index contributed by atoms with van der Waals surface area (Å²) < 4.78 is 2.19. The van der Waals surface area contributed by atoms with Crippen molar-refractivity contribution >= 4 is 56.3 Å². The van der Waals surface area contributed by atoms with Crippen LogP contribution < -0.4 is 10.7 Å². The molecular formula is C16H15BrIN3O. The molecule has 2 rings (SSSR count). The van der Waals surface area contributed by atoms with Gasteiger partial charge in [0.1, 0.15) is 0 Å². The number of rotatable bonds is 6. The summed E-state index contributed by atoms with van der Waals surface area (Å²) in [5, 5.41) is 7.14. The molecule has 2 aromatic carbocycles. The highest BCUT2D eigenvalue weighted by molar-refractivity contribution is 14.1. The Bertz CT molecular complexity index is 641. The maximum atomic E-state index is 11.7. The molecule has 0 heterocycles. The molecule has 0 radical (unpaired) electrons. The Morgan fingerprint density at radius 3 is 2.50 bits per heavy atom. The lowest BCUT2D eigenvalue weighted by Gasteiger charge is -2.05. The third-order valence-electron chi connectivity index (χ3n) is 2.80. The lowest BCUT2D eigenvalue weighted by molar-refractivity contribution is -0.120. The minimum atomic E-state index is -0.119. The summed E-state index contributed by atoms with van der Waals surface area (Å²) >= 11 is 5.62. The highest BCUT2D eigenvalue weighted by Gasteiger charge is 1.99. The minimum absolute atomic E-state index is 0.119. The van der Waals surface area contributed by atoms with E-state index in [0.717, 1.165) is 15.7 Å². The molecule has 6 heteroatoms. The molecule has 0 aliphatic carbocycles. The van der Waals surface area contributed by atoms with Crippen LogP contribution >= 0.6 is 38.5 Å². The Labute approximate surface area is 151 Å². The summed E-state index contributed by atoms with van der Waals surface area (Å²) in [4.78, 5) is 11.7. The molecule has 2 aromatic rings.